The van der Waals surface area contributed by atoms with Gasteiger partial charge in [0, 0.05) is 18.5 Å². The Hall–Kier alpha value is -1.46. The van der Waals surface area contributed by atoms with Gasteiger partial charge in [-0.05, 0) is 45.5 Å². The zero-order valence-electron chi connectivity index (χ0n) is 14.2. The molecule has 0 atom stereocenters. The molecular formula is C17H25ClN2O3. The summed E-state index contributed by atoms with van der Waals surface area (Å²) < 4.78 is 11.3. The van der Waals surface area contributed by atoms with Crippen LogP contribution in [0.15, 0.2) is 12.1 Å². The lowest BCUT2D eigenvalue weighted by Crippen LogP contribution is -2.45. The van der Waals surface area contributed by atoms with E-state index in [1.54, 1.807) is 0 Å². The lowest BCUT2D eigenvalue weighted by atomic mass is 10.1. The predicted molar refractivity (Wildman–Crippen MR) is 91.3 cm³/mol. The number of amides is 1. The Morgan fingerprint density at radius 1 is 1.30 bits per heavy atom. The zero-order chi connectivity index (χ0) is 17.0. The molecule has 0 aromatic heterocycles. The lowest BCUT2D eigenvalue weighted by Gasteiger charge is -2.23. The summed E-state index contributed by atoms with van der Waals surface area (Å²) in [5.41, 5.74) is 0.765. The van der Waals surface area contributed by atoms with Crippen molar-refractivity contribution < 1.29 is 14.3 Å². The van der Waals surface area contributed by atoms with E-state index in [4.69, 9.17) is 21.1 Å². The van der Waals surface area contributed by atoms with Crippen molar-refractivity contribution in [1.82, 2.24) is 10.2 Å². The molecule has 6 heteroatoms. The second-order valence-corrected chi connectivity index (χ2v) is 7.33. The fourth-order valence-electron chi connectivity index (χ4n) is 2.45. The minimum Gasteiger partial charge on any atom is -0.489 e. The van der Waals surface area contributed by atoms with Crippen molar-refractivity contribution in [1.29, 1.82) is 0 Å². The summed E-state index contributed by atoms with van der Waals surface area (Å²) in [5.74, 6) is 1.29. The number of likely N-dealkylation sites (N-methyl/N-ethyl adjacent to an activating group) is 1. The minimum atomic E-state index is -0.226. The monoisotopic (exact) mass is 340 g/mol. The first-order valence-corrected chi connectivity index (χ1v) is 8.20. The number of rotatable bonds is 4. The first kappa shape index (κ1) is 17.9. The SMILES string of the molecule is CN(CC(=O)NC(C)(C)C)Cc1cc(Cl)c2c(c1)OCCCO2. The van der Waals surface area contributed by atoms with E-state index in [1.165, 1.54) is 0 Å². The van der Waals surface area contributed by atoms with Gasteiger partial charge in [0.05, 0.1) is 24.8 Å². The number of benzene rings is 1. The van der Waals surface area contributed by atoms with E-state index in [9.17, 15) is 4.79 Å². The number of hydrogen-bond donors (Lipinski definition) is 1. The summed E-state index contributed by atoms with van der Waals surface area (Å²) >= 11 is 6.29. The van der Waals surface area contributed by atoms with Gasteiger partial charge >= 0.3 is 0 Å². The predicted octanol–water partition coefficient (Wildman–Crippen LogP) is 2.85. The van der Waals surface area contributed by atoms with E-state index in [2.05, 4.69) is 5.32 Å². The van der Waals surface area contributed by atoms with Crippen molar-refractivity contribution in [3.05, 3.63) is 22.7 Å². The minimum absolute atomic E-state index is 0.000408. The first-order chi connectivity index (χ1) is 10.7. The third-order valence-corrected chi connectivity index (χ3v) is 3.52. The second-order valence-electron chi connectivity index (χ2n) is 6.93. The summed E-state index contributed by atoms with van der Waals surface area (Å²) in [4.78, 5) is 13.9. The highest BCUT2D eigenvalue weighted by Gasteiger charge is 2.18. The molecule has 1 heterocycles. The smallest absolute Gasteiger partial charge is 0.234 e. The Labute approximate surface area is 142 Å². The summed E-state index contributed by atoms with van der Waals surface area (Å²) in [6, 6.07) is 3.80. The van der Waals surface area contributed by atoms with Crippen LogP contribution in [0.25, 0.3) is 0 Å². The van der Waals surface area contributed by atoms with Crippen LogP contribution in [0.2, 0.25) is 5.02 Å². The molecule has 0 fully saturated rings. The Morgan fingerprint density at radius 2 is 2.00 bits per heavy atom. The highest BCUT2D eigenvalue weighted by Crippen LogP contribution is 2.38. The largest absolute Gasteiger partial charge is 0.489 e. The average Bonchev–Trinajstić information content (AvgIpc) is 2.61. The molecule has 0 saturated heterocycles. The van der Waals surface area contributed by atoms with Crippen molar-refractivity contribution in [3.8, 4) is 11.5 Å². The van der Waals surface area contributed by atoms with E-state index in [0.29, 0.717) is 42.8 Å². The standard InChI is InChI=1S/C17H25ClN2O3/c1-17(2,3)19-15(21)11-20(4)10-12-8-13(18)16-14(9-12)22-6-5-7-23-16/h8-9H,5-7,10-11H2,1-4H3,(H,19,21). The van der Waals surface area contributed by atoms with Gasteiger partial charge in [-0.2, -0.15) is 0 Å². The van der Waals surface area contributed by atoms with Crippen molar-refractivity contribution >= 4 is 17.5 Å². The fourth-order valence-corrected chi connectivity index (χ4v) is 2.73. The van der Waals surface area contributed by atoms with Crippen LogP contribution in [0.5, 0.6) is 11.5 Å². The van der Waals surface area contributed by atoms with Crippen LogP contribution >= 0.6 is 11.6 Å². The molecule has 0 unspecified atom stereocenters. The summed E-state index contributed by atoms with van der Waals surface area (Å²) in [6.07, 6.45) is 0.840. The molecular weight excluding hydrogens is 316 g/mol. The van der Waals surface area contributed by atoms with Crippen LogP contribution in [0.3, 0.4) is 0 Å². The molecule has 1 aliphatic rings. The number of carbonyl (C=O) groups is 1. The van der Waals surface area contributed by atoms with E-state index < -0.39 is 0 Å². The van der Waals surface area contributed by atoms with Crippen molar-refractivity contribution in [2.45, 2.75) is 39.3 Å². The van der Waals surface area contributed by atoms with E-state index >= 15 is 0 Å². The number of halogens is 1. The molecule has 0 aliphatic carbocycles. The second kappa shape index (κ2) is 7.41. The molecule has 1 N–H and O–H groups in total. The summed E-state index contributed by atoms with van der Waals surface area (Å²) in [7, 11) is 1.90. The number of ether oxygens (including phenoxy) is 2. The molecule has 1 aromatic rings. The van der Waals surface area contributed by atoms with E-state index in [0.717, 1.165) is 12.0 Å². The quantitative estimate of drug-likeness (QED) is 0.915. The topological polar surface area (TPSA) is 50.8 Å². The maximum atomic E-state index is 12.0. The van der Waals surface area contributed by atoms with Gasteiger partial charge in [-0.1, -0.05) is 11.6 Å². The molecule has 5 nitrogen and oxygen atoms in total. The van der Waals surface area contributed by atoms with Crippen LogP contribution in [0, 0.1) is 0 Å². The van der Waals surface area contributed by atoms with Crippen LogP contribution in [0.4, 0.5) is 0 Å². The Kier molecular flexibility index (Phi) is 5.76. The first-order valence-electron chi connectivity index (χ1n) is 7.82. The summed E-state index contributed by atoms with van der Waals surface area (Å²) in [5, 5.41) is 3.50. The third kappa shape index (κ3) is 5.59. The Morgan fingerprint density at radius 3 is 2.70 bits per heavy atom. The Balaban J connectivity index is 2.01. The fraction of sp³-hybridized carbons (Fsp3) is 0.588. The molecule has 1 aliphatic heterocycles. The number of carbonyl (C=O) groups excluding carboxylic acids is 1. The van der Waals surface area contributed by atoms with Crippen LogP contribution < -0.4 is 14.8 Å². The molecule has 2 rings (SSSR count). The van der Waals surface area contributed by atoms with Crippen LogP contribution in [-0.2, 0) is 11.3 Å². The van der Waals surface area contributed by atoms with Gasteiger partial charge in [-0.15, -0.1) is 0 Å². The molecule has 0 saturated carbocycles. The average molecular weight is 341 g/mol. The number of fused-ring (bicyclic) bond motifs is 1. The van der Waals surface area contributed by atoms with E-state index in [1.807, 2.05) is 44.9 Å². The van der Waals surface area contributed by atoms with Gasteiger partial charge in [0.1, 0.15) is 0 Å². The van der Waals surface area contributed by atoms with Gasteiger partial charge in [-0.3, -0.25) is 9.69 Å². The molecule has 0 bridgehead atoms. The molecule has 1 amide bonds. The maximum Gasteiger partial charge on any atom is 0.234 e. The number of nitrogens with one attached hydrogen (secondary N) is 1. The van der Waals surface area contributed by atoms with Crippen molar-refractivity contribution in [2.24, 2.45) is 0 Å². The molecule has 128 valence electrons. The van der Waals surface area contributed by atoms with Gasteiger partial charge in [0.15, 0.2) is 11.5 Å². The van der Waals surface area contributed by atoms with Crippen molar-refractivity contribution in [2.75, 3.05) is 26.8 Å². The van der Waals surface area contributed by atoms with Gasteiger partial charge in [-0.25, -0.2) is 0 Å². The van der Waals surface area contributed by atoms with Gasteiger partial charge in [0.2, 0.25) is 5.91 Å². The highest BCUT2D eigenvalue weighted by molar-refractivity contribution is 6.32. The molecule has 1 aromatic carbocycles. The third-order valence-electron chi connectivity index (χ3n) is 3.24. The molecule has 0 radical (unpaired) electrons. The maximum absolute atomic E-state index is 12.0. The van der Waals surface area contributed by atoms with Crippen LogP contribution in [0.1, 0.15) is 32.8 Å². The zero-order valence-corrected chi connectivity index (χ0v) is 15.0. The summed E-state index contributed by atoms with van der Waals surface area (Å²) in [6.45, 7) is 8.06. The van der Waals surface area contributed by atoms with Crippen molar-refractivity contribution in [3.63, 3.8) is 0 Å². The highest BCUT2D eigenvalue weighted by atomic mass is 35.5. The number of hydrogen-bond acceptors (Lipinski definition) is 4. The van der Waals surface area contributed by atoms with Gasteiger partial charge in [0.25, 0.3) is 0 Å². The lowest BCUT2D eigenvalue weighted by molar-refractivity contribution is -0.123. The molecule has 23 heavy (non-hydrogen) atoms. The molecule has 0 spiro atoms. The Bertz CT molecular complexity index is 570. The number of nitrogens with zero attached hydrogens (tertiary/aromatic N) is 1. The van der Waals surface area contributed by atoms with E-state index in [-0.39, 0.29) is 11.4 Å². The van der Waals surface area contributed by atoms with Crippen LogP contribution in [-0.4, -0.2) is 43.2 Å². The normalized spacial score (nSPS) is 14.5. The van der Waals surface area contributed by atoms with Gasteiger partial charge < -0.3 is 14.8 Å².